The first-order valence-corrected chi connectivity index (χ1v) is 14.3. The Labute approximate surface area is 218 Å². The molecule has 2 aromatic carbocycles. The van der Waals surface area contributed by atoms with Gasteiger partial charge in [0, 0.05) is 16.8 Å². The highest BCUT2D eigenvalue weighted by atomic mass is 16.3. The third kappa shape index (κ3) is 3.93. The van der Waals surface area contributed by atoms with Gasteiger partial charge in [-0.3, -0.25) is 9.69 Å². The van der Waals surface area contributed by atoms with E-state index in [-0.39, 0.29) is 5.91 Å². The third-order valence-electron chi connectivity index (χ3n) is 11.2. The van der Waals surface area contributed by atoms with Gasteiger partial charge in [0.25, 0.3) is 5.91 Å². The van der Waals surface area contributed by atoms with Crippen LogP contribution in [0.4, 0.5) is 11.4 Å². The zero-order chi connectivity index (χ0) is 25.7. The fraction of sp³-hybridized carbons (Fsp3) is 0.606. The number of rotatable bonds is 3. The molecule has 0 saturated heterocycles. The molecule has 0 spiro atoms. The van der Waals surface area contributed by atoms with Crippen LogP contribution < -0.4 is 4.90 Å². The molecule has 0 heterocycles. The molecule has 3 saturated carbocycles. The molecule has 0 aliphatic heterocycles. The van der Waals surface area contributed by atoms with Crippen LogP contribution in [0.15, 0.2) is 60.7 Å². The van der Waals surface area contributed by atoms with Gasteiger partial charge in [-0.1, -0.05) is 77.4 Å². The molecule has 3 aliphatic carbocycles. The summed E-state index contributed by atoms with van der Waals surface area (Å²) in [5.74, 6) is 2.69. The molecule has 3 nitrogen and oxygen atoms in total. The van der Waals surface area contributed by atoms with Gasteiger partial charge in [0.05, 0.1) is 0 Å². The Balaban J connectivity index is 1.59. The largest absolute Gasteiger partial charge is 0.379 e. The minimum Gasteiger partial charge on any atom is -0.379 e. The Kier molecular flexibility index (Phi) is 6.60. The van der Waals surface area contributed by atoms with Crippen LogP contribution in [0.5, 0.6) is 0 Å². The highest BCUT2D eigenvalue weighted by Crippen LogP contribution is 2.63. The number of fused-ring (bicyclic) bond motifs is 3. The Morgan fingerprint density at radius 1 is 0.778 bits per heavy atom. The maximum atomic E-state index is 14.7. The van der Waals surface area contributed by atoms with Gasteiger partial charge in [0.1, 0.15) is 5.60 Å². The number of para-hydroxylation sites is 2. The van der Waals surface area contributed by atoms with Crippen LogP contribution in [-0.2, 0) is 4.79 Å². The normalized spacial score (nSPS) is 37.8. The second-order valence-electron chi connectivity index (χ2n) is 13.2. The van der Waals surface area contributed by atoms with Gasteiger partial charge in [0.2, 0.25) is 0 Å². The molecular weight excluding hydrogens is 442 g/mol. The van der Waals surface area contributed by atoms with E-state index in [4.69, 9.17) is 0 Å². The molecule has 2 aromatic rings. The summed E-state index contributed by atoms with van der Waals surface area (Å²) in [4.78, 5) is 16.5. The van der Waals surface area contributed by atoms with Crippen molar-refractivity contribution in [3.05, 3.63) is 60.7 Å². The van der Waals surface area contributed by atoms with Crippen LogP contribution in [0, 0.1) is 40.4 Å². The Hall–Kier alpha value is -2.13. The van der Waals surface area contributed by atoms with Crippen molar-refractivity contribution in [3.8, 4) is 0 Å². The summed E-state index contributed by atoms with van der Waals surface area (Å²) in [6, 6.07) is 19.7. The lowest BCUT2D eigenvalue weighted by atomic mass is 9.45. The van der Waals surface area contributed by atoms with Gasteiger partial charge < -0.3 is 5.11 Å². The first-order chi connectivity index (χ1) is 17.1. The molecule has 0 aromatic heterocycles. The lowest BCUT2D eigenvalue weighted by molar-refractivity contribution is -0.189. The van der Waals surface area contributed by atoms with Crippen molar-refractivity contribution in [2.24, 2.45) is 40.4 Å². The standard InChI is InChI=1S/C33H45NO2/c1-23-16-17-25-22-29-24(2)18-21-33(36,32(29,5)20-19-28(23)31(25,3)4)30(35)34(26-12-8-6-9-13-26)27-14-10-7-11-15-27/h6-15,23-25,28-29,36H,16-22H2,1-5H3/t23-,24-,25+,28+,29-,32+,33?/m1/s1. The van der Waals surface area contributed by atoms with E-state index in [1.807, 2.05) is 60.7 Å². The molecule has 3 heteroatoms. The number of anilines is 2. The van der Waals surface area contributed by atoms with E-state index in [0.29, 0.717) is 41.4 Å². The summed E-state index contributed by atoms with van der Waals surface area (Å²) in [5, 5.41) is 12.7. The van der Waals surface area contributed by atoms with E-state index in [9.17, 15) is 9.90 Å². The molecule has 1 N–H and O–H groups in total. The lowest BCUT2D eigenvalue weighted by Crippen LogP contribution is -2.65. The monoisotopic (exact) mass is 487 g/mol. The molecule has 1 unspecified atom stereocenters. The topological polar surface area (TPSA) is 40.5 Å². The Morgan fingerprint density at radius 2 is 1.33 bits per heavy atom. The summed E-state index contributed by atoms with van der Waals surface area (Å²) in [6.07, 6.45) is 7.15. The van der Waals surface area contributed by atoms with E-state index in [0.717, 1.165) is 37.1 Å². The van der Waals surface area contributed by atoms with Crippen LogP contribution in [0.2, 0.25) is 0 Å². The van der Waals surface area contributed by atoms with Crippen molar-refractivity contribution in [2.75, 3.05) is 4.90 Å². The molecular formula is C33H45NO2. The summed E-state index contributed by atoms with van der Waals surface area (Å²) >= 11 is 0. The first-order valence-electron chi connectivity index (χ1n) is 14.3. The van der Waals surface area contributed by atoms with Crippen LogP contribution in [-0.4, -0.2) is 16.6 Å². The molecule has 3 aliphatic rings. The molecule has 1 amide bonds. The predicted octanol–water partition coefficient (Wildman–Crippen LogP) is 8.01. The Morgan fingerprint density at radius 3 is 1.92 bits per heavy atom. The van der Waals surface area contributed by atoms with Crippen molar-refractivity contribution in [2.45, 2.75) is 85.2 Å². The number of hydrogen-bond donors (Lipinski definition) is 1. The predicted molar refractivity (Wildman–Crippen MR) is 148 cm³/mol. The van der Waals surface area contributed by atoms with Gasteiger partial charge in [-0.2, -0.15) is 0 Å². The minimum absolute atomic E-state index is 0.155. The average Bonchev–Trinajstić information content (AvgIpc) is 2.86. The van der Waals surface area contributed by atoms with Crippen LogP contribution >= 0.6 is 0 Å². The quantitative estimate of drug-likeness (QED) is 0.476. The van der Waals surface area contributed by atoms with E-state index in [1.54, 1.807) is 4.90 Å². The highest BCUT2D eigenvalue weighted by molar-refractivity contribution is 6.05. The SMILES string of the molecule is C[C@@H]1CCC(O)(C(=O)N(c2ccccc2)c2ccccc2)[C@@]2(C)CC[C@H]3[C@H](C)CC[C@@H](C[C@H]12)C3(C)C. The summed E-state index contributed by atoms with van der Waals surface area (Å²) in [6.45, 7) is 12.1. The number of aliphatic hydroxyl groups is 1. The highest BCUT2D eigenvalue weighted by Gasteiger charge is 2.63. The maximum absolute atomic E-state index is 14.7. The van der Waals surface area contributed by atoms with Gasteiger partial charge in [-0.25, -0.2) is 0 Å². The van der Waals surface area contributed by atoms with E-state index in [1.165, 1.54) is 12.8 Å². The van der Waals surface area contributed by atoms with Gasteiger partial charge in [-0.15, -0.1) is 0 Å². The smallest absolute Gasteiger partial charge is 0.264 e. The number of carbonyl (C=O) groups is 1. The summed E-state index contributed by atoms with van der Waals surface area (Å²) in [5.41, 5.74) is 0.109. The van der Waals surface area contributed by atoms with Crippen LogP contribution in [0.3, 0.4) is 0 Å². The minimum atomic E-state index is -1.39. The first kappa shape index (κ1) is 25.5. The summed E-state index contributed by atoms with van der Waals surface area (Å²) < 4.78 is 0. The van der Waals surface area contributed by atoms with Crippen molar-refractivity contribution in [1.29, 1.82) is 0 Å². The van der Waals surface area contributed by atoms with Gasteiger partial charge >= 0.3 is 0 Å². The molecule has 7 atom stereocenters. The number of nitrogens with zero attached hydrogens (tertiary/aromatic N) is 1. The van der Waals surface area contributed by atoms with Crippen LogP contribution in [0.1, 0.15) is 79.6 Å². The number of amides is 1. The average molecular weight is 488 g/mol. The lowest BCUT2D eigenvalue weighted by Gasteiger charge is -2.61. The second kappa shape index (κ2) is 9.31. The van der Waals surface area contributed by atoms with Gasteiger partial charge in [0.15, 0.2) is 0 Å². The fourth-order valence-electron chi connectivity index (χ4n) is 8.73. The molecule has 3 fully saturated rings. The van der Waals surface area contributed by atoms with Crippen molar-refractivity contribution in [1.82, 2.24) is 0 Å². The van der Waals surface area contributed by atoms with E-state index < -0.39 is 11.0 Å². The van der Waals surface area contributed by atoms with Crippen molar-refractivity contribution in [3.63, 3.8) is 0 Å². The zero-order valence-electron chi connectivity index (χ0n) is 22.9. The number of hydrogen-bond acceptors (Lipinski definition) is 2. The molecule has 5 rings (SSSR count). The summed E-state index contributed by atoms with van der Waals surface area (Å²) in [7, 11) is 0. The zero-order valence-corrected chi connectivity index (χ0v) is 22.9. The van der Waals surface area contributed by atoms with E-state index in [2.05, 4.69) is 34.6 Å². The Bertz CT molecular complexity index is 1030. The molecule has 0 radical (unpaired) electrons. The molecule has 194 valence electrons. The number of carbonyl (C=O) groups excluding carboxylic acids is 1. The van der Waals surface area contributed by atoms with Crippen molar-refractivity contribution >= 4 is 17.3 Å². The number of benzene rings is 2. The second-order valence-corrected chi connectivity index (χ2v) is 13.2. The molecule has 2 bridgehead atoms. The van der Waals surface area contributed by atoms with E-state index >= 15 is 0 Å². The third-order valence-corrected chi connectivity index (χ3v) is 11.2. The fourth-order valence-corrected chi connectivity index (χ4v) is 8.73. The van der Waals surface area contributed by atoms with Crippen LogP contribution in [0.25, 0.3) is 0 Å². The maximum Gasteiger partial charge on any atom is 0.264 e. The van der Waals surface area contributed by atoms with Gasteiger partial charge in [-0.05, 0) is 97.8 Å². The van der Waals surface area contributed by atoms with Crippen molar-refractivity contribution < 1.29 is 9.90 Å². The molecule has 36 heavy (non-hydrogen) atoms.